The third-order valence-electron chi connectivity index (χ3n) is 14.6. The van der Waals surface area contributed by atoms with Gasteiger partial charge in [0.05, 0.1) is 64.0 Å². The molecular formula is C57H58Cl4N16O4. The number of hydrogen-bond acceptors (Lipinski definition) is 16. The molecule has 2 saturated heterocycles. The van der Waals surface area contributed by atoms with Crippen LogP contribution >= 0.6 is 46.4 Å². The van der Waals surface area contributed by atoms with Crippen LogP contribution in [0.2, 0.25) is 20.2 Å². The number of alkyl carbamates (subject to hydrolysis) is 1. The van der Waals surface area contributed by atoms with Crippen LogP contribution in [0.15, 0.2) is 122 Å². The van der Waals surface area contributed by atoms with Crippen LogP contribution in [0.3, 0.4) is 0 Å². The summed E-state index contributed by atoms with van der Waals surface area (Å²) in [6.45, 7) is 5.87. The third kappa shape index (κ3) is 13.1. The van der Waals surface area contributed by atoms with Crippen LogP contribution in [0.25, 0.3) is 67.3 Å². The van der Waals surface area contributed by atoms with Gasteiger partial charge in [-0.25, -0.2) is 34.7 Å². The number of fused-ring (bicyclic) bond motifs is 3. The van der Waals surface area contributed by atoms with Crippen molar-refractivity contribution in [1.82, 2.24) is 65.8 Å². The highest BCUT2D eigenvalue weighted by Gasteiger charge is 2.37. The average Bonchev–Trinajstić information content (AvgIpc) is 4.47. The van der Waals surface area contributed by atoms with Gasteiger partial charge in [0, 0.05) is 81.0 Å². The second-order valence-corrected chi connectivity index (χ2v) is 21.5. The predicted molar refractivity (Wildman–Crippen MR) is 317 cm³/mol. The van der Waals surface area contributed by atoms with Crippen molar-refractivity contribution >= 4 is 97.6 Å². The van der Waals surface area contributed by atoms with E-state index in [2.05, 4.69) is 65.6 Å². The molecule has 6 N–H and O–H groups in total. The summed E-state index contributed by atoms with van der Waals surface area (Å²) < 4.78 is 16.3. The summed E-state index contributed by atoms with van der Waals surface area (Å²) in [5, 5.41) is 26.9. The molecule has 10 aromatic rings. The number of hydrogen-bond donors (Lipinski definition) is 5. The number of amides is 1. The highest BCUT2D eigenvalue weighted by Crippen LogP contribution is 2.37. The molecule has 24 heteroatoms. The first-order valence-electron chi connectivity index (χ1n) is 26.1. The zero-order chi connectivity index (χ0) is 56.3. The first-order valence-corrected chi connectivity index (χ1v) is 27.7. The number of nitrogens with zero attached hydrogens (tertiary/aromatic N) is 11. The molecule has 8 heterocycles. The maximum absolute atomic E-state index is 12.3. The van der Waals surface area contributed by atoms with Crippen LogP contribution < -0.4 is 20.9 Å². The van der Waals surface area contributed by atoms with Crippen molar-refractivity contribution in [2.75, 3.05) is 76.5 Å². The second-order valence-electron chi connectivity index (χ2n) is 19.9. The molecule has 2 fully saturated rings. The molecule has 0 saturated carbocycles. The number of nitrogens with one attached hydrogen (secondary N) is 4. The van der Waals surface area contributed by atoms with Crippen molar-refractivity contribution in [2.45, 2.75) is 32.3 Å². The van der Waals surface area contributed by atoms with Gasteiger partial charge in [0.15, 0.2) is 0 Å². The number of aromatic amines is 3. The lowest BCUT2D eigenvalue weighted by Gasteiger charge is -2.41. The van der Waals surface area contributed by atoms with E-state index in [0.717, 1.165) is 108 Å². The van der Waals surface area contributed by atoms with E-state index in [4.69, 9.17) is 76.3 Å². The van der Waals surface area contributed by atoms with E-state index in [0.29, 0.717) is 74.5 Å². The van der Waals surface area contributed by atoms with Gasteiger partial charge in [0.2, 0.25) is 16.9 Å². The minimum absolute atomic E-state index is 0.0618. The standard InChI is InChI=1S/C27H29ClN6O3.C19H23ClN6O.C11H6Cl2N4/c1-36-18-27(17-30-26(35)37-16-19-7-3-2-4-8-19)11-13-34(14-12-27)22-15-29-24-23(32-33-25(24)31-22)20-9-5-6-10-21(20)28;1-27-12-19(11-21)6-8-26(9-7-19)15-10-22-17-16(24-25-18(17)23-15)13-4-2-3-5-14(13)20;12-7-4-2-1-3-6(7)9-10-11(17-16-9)15-8(13)5-14-10/h2-10,15H,11-14,16-18H2,1H3,(H,30,35)(H,31,32,33);2-5,10H,6-9,11-12,21H2,1H3,(H,23,24,25);1-5H,(H,15,16,17). The van der Waals surface area contributed by atoms with Crippen molar-refractivity contribution in [3.8, 4) is 33.8 Å². The van der Waals surface area contributed by atoms with Crippen molar-refractivity contribution in [3.05, 3.63) is 148 Å². The monoisotopic (exact) mass is 1170 g/mol. The fraction of sp³-hybridized carbons (Fsp3) is 0.298. The Morgan fingerprint density at radius 2 is 0.975 bits per heavy atom. The SMILES string of the molecule is COCC1(CN)CCN(c2cnc3c(-c4ccccc4Cl)[nH]nc3n2)CC1.COCC1(CNC(=O)OCc2ccccc2)CCN(c2cnc3c(-c4ccccc4Cl)[nH]nc3n2)CC1.Clc1cnc2c(-c3ccccc3Cl)[nH]nc2n1. The fourth-order valence-corrected chi connectivity index (χ4v) is 10.9. The van der Waals surface area contributed by atoms with Gasteiger partial charge in [-0.15, -0.1) is 0 Å². The van der Waals surface area contributed by atoms with Gasteiger partial charge >= 0.3 is 6.09 Å². The van der Waals surface area contributed by atoms with E-state index < -0.39 is 6.09 Å². The molecule has 0 bridgehead atoms. The largest absolute Gasteiger partial charge is 0.445 e. The number of carbonyl (C=O) groups excluding carboxylic acids is 1. The molecule has 0 aliphatic carbocycles. The lowest BCUT2D eigenvalue weighted by Crippen LogP contribution is -2.48. The van der Waals surface area contributed by atoms with Crippen LogP contribution in [-0.4, -0.2) is 133 Å². The zero-order valence-electron chi connectivity index (χ0n) is 44.4. The fourth-order valence-electron chi connectivity index (χ4n) is 10.1. The summed E-state index contributed by atoms with van der Waals surface area (Å²) in [5.41, 5.74) is 15.3. The Morgan fingerprint density at radius 1 is 0.568 bits per heavy atom. The number of methoxy groups -OCH3 is 2. The maximum Gasteiger partial charge on any atom is 0.407 e. The van der Waals surface area contributed by atoms with E-state index in [1.165, 1.54) is 6.20 Å². The van der Waals surface area contributed by atoms with Crippen molar-refractivity contribution < 1.29 is 19.0 Å². The summed E-state index contributed by atoms with van der Waals surface area (Å²) in [5.74, 6) is 1.61. The summed E-state index contributed by atoms with van der Waals surface area (Å²) >= 11 is 24.6. The molecule has 0 radical (unpaired) electrons. The number of nitrogens with two attached hydrogens (primary N) is 1. The van der Waals surface area contributed by atoms with Gasteiger partial charge in [-0.05, 0) is 49.4 Å². The molecule has 1 amide bonds. The number of ether oxygens (including phenoxy) is 3. The smallest absolute Gasteiger partial charge is 0.407 e. The average molecular weight is 1170 g/mol. The van der Waals surface area contributed by atoms with E-state index >= 15 is 0 Å². The normalized spacial score (nSPS) is 14.8. The maximum atomic E-state index is 12.3. The number of H-pyrrole nitrogens is 3. The molecule has 20 nitrogen and oxygen atoms in total. The van der Waals surface area contributed by atoms with Crippen LogP contribution in [0.5, 0.6) is 0 Å². The molecule has 418 valence electrons. The molecule has 12 rings (SSSR count). The molecule has 4 aromatic carbocycles. The van der Waals surface area contributed by atoms with Crippen molar-refractivity contribution in [2.24, 2.45) is 16.6 Å². The van der Waals surface area contributed by atoms with Crippen molar-refractivity contribution in [1.29, 1.82) is 0 Å². The number of aromatic nitrogens is 12. The molecule has 81 heavy (non-hydrogen) atoms. The summed E-state index contributed by atoms with van der Waals surface area (Å²) in [6.07, 6.45) is 8.25. The Morgan fingerprint density at radius 3 is 1.42 bits per heavy atom. The van der Waals surface area contributed by atoms with Gasteiger partial charge < -0.3 is 35.1 Å². The van der Waals surface area contributed by atoms with Gasteiger partial charge in [-0.1, -0.05) is 131 Å². The lowest BCUT2D eigenvalue weighted by molar-refractivity contribution is 0.0557. The minimum atomic E-state index is -0.425. The van der Waals surface area contributed by atoms with E-state index in [1.807, 2.05) is 109 Å². The Balaban J connectivity index is 0.000000146. The molecule has 2 aliphatic rings. The summed E-state index contributed by atoms with van der Waals surface area (Å²) in [6, 6.07) is 32.3. The Kier molecular flexibility index (Phi) is 18.1. The van der Waals surface area contributed by atoms with Crippen LogP contribution in [0, 0.1) is 10.8 Å². The Hall–Kier alpha value is -7.56. The number of benzene rings is 4. The quantitative estimate of drug-likeness (QED) is 0.0679. The second kappa shape index (κ2) is 25.9. The van der Waals surface area contributed by atoms with Crippen LogP contribution in [-0.2, 0) is 20.8 Å². The molecule has 0 unspecified atom stereocenters. The lowest BCUT2D eigenvalue weighted by atomic mass is 9.79. The minimum Gasteiger partial charge on any atom is -0.445 e. The summed E-state index contributed by atoms with van der Waals surface area (Å²) in [4.78, 5) is 43.8. The van der Waals surface area contributed by atoms with E-state index in [-0.39, 0.29) is 17.4 Å². The molecule has 0 atom stereocenters. The summed E-state index contributed by atoms with van der Waals surface area (Å²) in [7, 11) is 3.42. The topological polar surface area (TPSA) is 253 Å². The van der Waals surface area contributed by atoms with Crippen molar-refractivity contribution in [3.63, 3.8) is 0 Å². The van der Waals surface area contributed by atoms with Crippen LogP contribution in [0.4, 0.5) is 16.4 Å². The Labute approximate surface area is 486 Å². The highest BCUT2D eigenvalue weighted by atomic mass is 35.5. The first-order chi connectivity index (χ1) is 39.5. The number of carbonyl (C=O) groups is 1. The number of rotatable bonds is 14. The van der Waals surface area contributed by atoms with Gasteiger partial charge in [0.25, 0.3) is 0 Å². The molecular weight excluding hydrogens is 1110 g/mol. The first kappa shape index (κ1) is 56.7. The highest BCUT2D eigenvalue weighted by molar-refractivity contribution is 6.34. The number of halogens is 4. The van der Waals surface area contributed by atoms with Gasteiger partial charge in [-0.2, -0.15) is 15.3 Å². The van der Waals surface area contributed by atoms with Crippen LogP contribution in [0.1, 0.15) is 31.2 Å². The van der Waals surface area contributed by atoms with E-state index in [1.54, 1.807) is 20.4 Å². The zero-order valence-corrected chi connectivity index (χ0v) is 47.4. The van der Waals surface area contributed by atoms with E-state index in [9.17, 15) is 4.79 Å². The van der Waals surface area contributed by atoms with Gasteiger partial charge in [0.1, 0.15) is 39.9 Å². The molecule has 6 aromatic heterocycles. The predicted octanol–water partition coefficient (Wildman–Crippen LogP) is 11.0. The Bertz CT molecular complexity index is 3740. The number of piperidine rings is 2. The third-order valence-corrected chi connectivity index (χ3v) is 15.8. The molecule has 2 aliphatic heterocycles. The molecule has 0 spiro atoms. The number of anilines is 2. The van der Waals surface area contributed by atoms with Gasteiger partial charge in [-0.3, -0.25) is 15.3 Å².